The van der Waals surface area contributed by atoms with Crippen LogP contribution in [-0.2, 0) is 0 Å². The van der Waals surface area contributed by atoms with E-state index in [1.807, 2.05) is 0 Å². The zero-order valence-corrected chi connectivity index (χ0v) is 9.24. The van der Waals surface area contributed by atoms with Gasteiger partial charge in [0.1, 0.15) is 0 Å². The van der Waals surface area contributed by atoms with E-state index in [2.05, 4.69) is 38.3 Å². The Bertz CT molecular complexity index is 50.3. The van der Waals surface area contributed by atoms with Crippen LogP contribution in [0.1, 0.15) is 61.8 Å². The van der Waals surface area contributed by atoms with E-state index in [1.54, 1.807) is 0 Å². The highest BCUT2D eigenvalue weighted by molar-refractivity contribution is 4.36. The van der Waals surface area contributed by atoms with Crippen LogP contribution in [0.25, 0.3) is 0 Å². The largest absolute Gasteiger partial charge is 0.305 e. The quantitative estimate of drug-likeness (QED) is 0.512. The topological polar surface area (TPSA) is 24.1 Å². The van der Waals surface area contributed by atoms with E-state index in [-0.39, 0.29) is 14.9 Å². The fourth-order valence-corrected chi connectivity index (χ4v) is 0.692. The monoisotopic (exact) mass is 206 g/mol. The van der Waals surface area contributed by atoms with Crippen LogP contribution in [0.4, 0.5) is 0 Å². The Morgan fingerprint density at radius 1 is 0.714 bits per heavy atom. The van der Waals surface area contributed by atoms with Crippen molar-refractivity contribution in [1.29, 1.82) is 0 Å². The standard InChI is InChI=1S/C5H14N2.C5H12.2CH4/c1-3-6-5-7-4-2;1-3-5-4-2;;/h6-7H,3-5H2,1-2H3;3-5H2,1-2H3;2*1H4. The second-order valence-corrected chi connectivity index (χ2v) is 2.74. The highest BCUT2D eigenvalue weighted by atomic mass is 15.0. The summed E-state index contributed by atoms with van der Waals surface area (Å²) in [4.78, 5) is 0. The van der Waals surface area contributed by atoms with Crippen LogP contribution in [0.15, 0.2) is 0 Å². The molecule has 0 aromatic carbocycles. The van der Waals surface area contributed by atoms with E-state index in [0.29, 0.717) is 0 Å². The van der Waals surface area contributed by atoms with Gasteiger partial charge in [-0.1, -0.05) is 61.8 Å². The summed E-state index contributed by atoms with van der Waals surface area (Å²) in [6.45, 7) is 11.6. The van der Waals surface area contributed by atoms with Crippen molar-refractivity contribution in [2.45, 2.75) is 61.8 Å². The smallest absolute Gasteiger partial charge is 0.0454 e. The van der Waals surface area contributed by atoms with E-state index < -0.39 is 0 Å². The van der Waals surface area contributed by atoms with Gasteiger partial charge in [-0.25, -0.2) is 0 Å². The predicted molar refractivity (Wildman–Crippen MR) is 70.9 cm³/mol. The predicted octanol–water partition coefficient (Wildman–Crippen LogP) is 3.63. The van der Waals surface area contributed by atoms with Gasteiger partial charge < -0.3 is 10.6 Å². The maximum Gasteiger partial charge on any atom is 0.0454 e. The summed E-state index contributed by atoms with van der Waals surface area (Å²) < 4.78 is 0. The number of unbranched alkanes of at least 4 members (excludes halogenated alkanes) is 2. The van der Waals surface area contributed by atoms with E-state index in [1.165, 1.54) is 19.3 Å². The summed E-state index contributed by atoms with van der Waals surface area (Å²) in [5.74, 6) is 0. The molecule has 0 rings (SSSR count). The molecule has 0 heterocycles. The molecule has 0 saturated heterocycles. The van der Waals surface area contributed by atoms with Crippen LogP contribution in [0.2, 0.25) is 0 Å². The summed E-state index contributed by atoms with van der Waals surface area (Å²) in [6, 6.07) is 0. The summed E-state index contributed by atoms with van der Waals surface area (Å²) in [5.41, 5.74) is 0. The molecule has 0 amide bonds. The van der Waals surface area contributed by atoms with Crippen LogP contribution < -0.4 is 10.6 Å². The van der Waals surface area contributed by atoms with Crippen molar-refractivity contribution in [2.24, 2.45) is 0 Å². The van der Waals surface area contributed by atoms with Gasteiger partial charge in [-0.15, -0.1) is 0 Å². The SMILES string of the molecule is C.C.CCCCC.CCNCNCC. The third-order valence-electron chi connectivity index (χ3n) is 1.46. The summed E-state index contributed by atoms with van der Waals surface area (Å²) in [7, 11) is 0. The molecule has 0 spiro atoms. The highest BCUT2D eigenvalue weighted by Gasteiger charge is 1.74. The molecule has 0 saturated carbocycles. The maximum absolute atomic E-state index is 3.14. The molecule has 92 valence electrons. The molecule has 2 nitrogen and oxygen atoms in total. The van der Waals surface area contributed by atoms with E-state index in [9.17, 15) is 0 Å². The molecule has 0 aliphatic rings. The molecule has 0 aromatic heterocycles. The lowest BCUT2D eigenvalue weighted by atomic mass is 10.3. The maximum atomic E-state index is 3.14. The molecule has 0 atom stereocenters. The van der Waals surface area contributed by atoms with Gasteiger partial charge in [0.15, 0.2) is 0 Å². The molecule has 0 aliphatic carbocycles. The van der Waals surface area contributed by atoms with E-state index in [0.717, 1.165) is 19.8 Å². The Morgan fingerprint density at radius 3 is 1.21 bits per heavy atom. The summed E-state index contributed by atoms with van der Waals surface area (Å²) in [6.07, 6.45) is 4.08. The van der Waals surface area contributed by atoms with E-state index in [4.69, 9.17) is 0 Å². The Balaban J connectivity index is -0.0000000651. The van der Waals surface area contributed by atoms with Crippen LogP contribution in [0, 0.1) is 0 Å². The first-order valence-corrected chi connectivity index (χ1v) is 5.24. The molecule has 0 aromatic rings. The molecular weight excluding hydrogens is 172 g/mol. The van der Waals surface area contributed by atoms with Crippen molar-refractivity contribution in [3.8, 4) is 0 Å². The van der Waals surface area contributed by atoms with Gasteiger partial charge in [0.2, 0.25) is 0 Å². The summed E-state index contributed by atoms with van der Waals surface area (Å²) >= 11 is 0. The molecule has 2 heteroatoms. The van der Waals surface area contributed by atoms with Gasteiger partial charge in [0, 0.05) is 6.67 Å². The third kappa shape index (κ3) is 40.6. The van der Waals surface area contributed by atoms with Crippen molar-refractivity contribution in [2.75, 3.05) is 19.8 Å². The van der Waals surface area contributed by atoms with Crippen LogP contribution in [0.5, 0.6) is 0 Å². The average molecular weight is 206 g/mol. The molecule has 0 fully saturated rings. The van der Waals surface area contributed by atoms with Crippen LogP contribution in [0.3, 0.4) is 0 Å². The van der Waals surface area contributed by atoms with Crippen molar-refractivity contribution >= 4 is 0 Å². The van der Waals surface area contributed by atoms with Crippen LogP contribution in [-0.4, -0.2) is 19.8 Å². The normalized spacial score (nSPS) is 7.71. The molecule has 0 unspecified atom stereocenters. The van der Waals surface area contributed by atoms with Crippen molar-refractivity contribution in [1.82, 2.24) is 10.6 Å². The first kappa shape index (κ1) is 23.6. The average Bonchev–Trinajstić information content (AvgIpc) is 2.08. The minimum Gasteiger partial charge on any atom is -0.305 e. The van der Waals surface area contributed by atoms with Crippen molar-refractivity contribution in [3.05, 3.63) is 0 Å². The zero-order chi connectivity index (χ0) is 9.66. The fraction of sp³-hybridized carbons (Fsp3) is 1.00. The molecule has 14 heavy (non-hydrogen) atoms. The molecule has 2 N–H and O–H groups in total. The first-order chi connectivity index (χ1) is 5.83. The number of hydrogen-bond acceptors (Lipinski definition) is 2. The Hall–Kier alpha value is -0.0800. The van der Waals surface area contributed by atoms with Crippen molar-refractivity contribution in [3.63, 3.8) is 0 Å². The molecular formula is C12H34N2. The first-order valence-electron chi connectivity index (χ1n) is 5.24. The third-order valence-corrected chi connectivity index (χ3v) is 1.46. The number of rotatable bonds is 6. The van der Waals surface area contributed by atoms with Gasteiger partial charge in [0.25, 0.3) is 0 Å². The fourth-order valence-electron chi connectivity index (χ4n) is 0.692. The van der Waals surface area contributed by atoms with Gasteiger partial charge >= 0.3 is 0 Å². The second-order valence-electron chi connectivity index (χ2n) is 2.74. The lowest BCUT2D eigenvalue weighted by Crippen LogP contribution is -2.28. The lowest BCUT2D eigenvalue weighted by Gasteiger charge is -1.98. The second kappa shape index (κ2) is 29.3. The van der Waals surface area contributed by atoms with Gasteiger partial charge in [-0.2, -0.15) is 0 Å². The minimum absolute atomic E-state index is 0. The van der Waals surface area contributed by atoms with E-state index >= 15 is 0 Å². The molecule has 0 radical (unpaired) electrons. The highest BCUT2D eigenvalue weighted by Crippen LogP contribution is 1.88. The van der Waals surface area contributed by atoms with Gasteiger partial charge in [-0.05, 0) is 13.1 Å². The minimum atomic E-state index is 0. The number of nitrogens with one attached hydrogen (secondary N) is 2. The molecule has 0 bridgehead atoms. The Kier molecular flexibility index (Phi) is 49.4. The Morgan fingerprint density at radius 2 is 1.07 bits per heavy atom. The van der Waals surface area contributed by atoms with Crippen LogP contribution >= 0.6 is 0 Å². The van der Waals surface area contributed by atoms with Gasteiger partial charge in [-0.3, -0.25) is 0 Å². The Labute approximate surface area is 92.9 Å². The summed E-state index contributed by atoms with van der Waals surface area (Å²) in [5, 5.41) is 6.28. The van der Waals surface area contributed by atoms with Crippen molar-refractivity contribution < 1.29 is 0 Å². The van der Waals surface area contributed by atoms with Gasteiger partial charge in [0.05, 0.1) is 0 Å². The number of hydrogen-bond donors (Lipinski definition) is 2. The lowest BCUT2D eigenvalue weighted by molar-refractivity contribution is 0.616. The molecule has 0 aliphatic heterocycles. The zero-order valence-electron chi connectivity index (χ0n) is 9.24.